The van der Waals surface area contributed by atoms with Crippen molar-refractivity contribution in [3.05, 3.63) is 62.6 Å². The molecule has 0 atom stereocenters. The van der Waals surface area contributed by atoms with Gasteiger partial charge in [-0.2, -0.15) is 0 Å². The average Bonchev–Trinajstić information content (AvgIpc) is 2.72. The van der Waals surface area contributed by atoms with Crippen molar-refractivity contribution in [1.29, 1.82) is 0 Å². The summed E-state index contributed by atoms with van der Waals surface area (Å²) in [6.45, 7) is 8.98. The third-order valence-corrected chi connectivity index (χ3v) is 6.90. The maximum atomic E-state index is 13.2. The van der Waals surface area contributed by atoms with Gasteiger partial charge in [0.2, 0.25) is 17.6 Å². The van der Waals surface area contributed by atoms with Crippen LogP contribution in [0.15, 0.2) is 36.4 Å². The van der Waals surface area contributed by atoms with E-state index < -0.39 is 41.0 Å². The number of benzene rings is 2. The fraction of sp³-hybridized carbons (Fsp3) is 0.360. The van der Waals surface area contributed by atoms with Gasteiger partial charge in [0.25, 0.3) is 0 Å². The number of hydrogen-bond acceptors (Lipinski definition) is 5. The Morgan fingerprint density at radius 1 is 0.886 bits per heavy atom. The summed E-state index contributed by atoms with van der Waals surface area (Å²) in [7, 11) is 0. The zero-order valence-corrected chi connectivity index (χ0v) is 22.3. The second-order valence-electron chi connectivity index (χ2n) is 9.51. The lowest BCUT2D eigenvalue weighted by molar-refractivity contribution is -0.172. The maximum Gasteiger partial charge on any atom is 0.375 e. The van der Waals surface area contributed by atoms with Crippen molar-refractivity contribution in [3.8, 4) is 0 Å². The predicted molar refractivity (Wildman–Crippen MR) is 137 cm³/mol. The number of ketones is 1. The maximum absolute atomic E-state index is 13.2. The van der Waals surface area contributed by atoms with Crippen LogP contribution in [-0.4, -0.2) is 29.2 Å². The molecule has 2 aromatic rings. The van der Waals surface area contributed by atoms with Gasteiger partial charge in [-0.15, -0.1) is 0 Å². The van der Waals surface area contributed by atoms with Crippen molar-refractivity contribution in [2.75, 3.05) is 4.90 Å². The highest BCUT2D eigenvalue weighted by Crippen LogP contribution is 2.33. The Bertz CT molecular complexity index is 1170. The number of amides is 2. The lowest BCUT2D eigenvalue weighted by Crippen LogP contribution is -2.43. The van der Waals surface area contributed by atoms with Crippen LogP contribution in [0.3, 0.4) is 0 Å². The summed E-state index contributed by atoms with van der Waals surface area (Å²) in [5.41, 5.74) is 4.88. The standard InChI is InChI=1S/C25H27Cl3N2O5/c1-24(2,3)25(4,5)35-23(34)20(31)12-21(32)30(13-14-6-9-17(26)19(28)10-14)15-7-8-16(22(29)33)18(27)11-15/h6-11H,12-13H2,1-5H3,(H2,29,33). The summed E-state index contributed by atoms with van der Waals surface area (Å²) in [5.74, 6) is -3.51. The van der Waals surface area contributed by atoms with Crippen LogP contribution in [0.1, 0.15) is 57.0 Å². The Morgan fingerprint density at radius 3 is 2.03 bits per heavy atom. The number of nitrogens with two attached hydrogens (primary N) is 1. The number of anilines is 1. The Hall–Kier alpha value is -2.61. The minimum absolute atomic E-state index is 0.0161. The molecule has 2 amide bonds. The highest BCUT2D eigenvalue weighted by atomic mass is 35.5. The van der Waals surface area contributed by atoms with Gasteiger partial charge < -0.3 is 15.4 Å². The Morgan fingerprint density at radius 2 is 1.51 bits per heavy atom. The Labute approximate surface area is 219 Å². The van der Waals surface area contributed by atoms with Gasteiger partial charge in [0.05, 0.1) is 33.6 Å². The number of halogens is 3. The van der Waals surface area contributed by atoms with E-state index in [1.54, 1.807) is 32.0 Å². The molecular weight excluding hydrogens is 515 g/mol. The molecule has 0 saturated carbocycles. The molecule has 0 aromatic heterocycles. The number of primary amides is 1. The van der Waals surface area contributed by atoms with E-state index in [0.717, 1.165) is 0 Å². The summed E-state index contributed by atoms with van der Waals surface area (Å²) in [6.07, 6.45) is -0.741. The lowest BCUT2D eigenvalue weighted by Gasteiger charge is -2.37. The third-order valence-electron chi connectivity index (χ3n) is 5.85. The Balaban J connectivity index is 2.35. The number of nitrogens with zero attached hydrogens (tertiary/aromatic N) is 1. The molecule has 0 heterocycles. The van der Waals surface area contributed by atoms with E-state index in [1.807, 2.05) is 20.8 Å². The van der Waals surface area contributed by atoms with Crippen molar-refractivity contribution in [3.63, 3.8) is 0 Å². The minimum Gasteiger partial charge on any atom is -0.453 e. The van der Waals surface area contributed by atoms with E-state index in [-0.39, 0.29) is 27.8 Å². The molecule has 35 heavy (non-hydrogen) atoms. The van der Waals surface area contributed by atoms with Gasteiger partial charge >= 0.3 is 5.97 Å². The first kappa shape index (κ1) is 28.6. The van der Waals surface area contributed by atoms with Gasteiger partial charge in [0.15, 0.2) is 0 Å². The van der Waals surface area contributed by atoms with E-state index in [2.05, 4.69) is 0 Å². The first-order chi connectivity index (χ1) is 16.0. The molecule has 7 nitrogen and oxygen atoms in total. The van der Waals surface area contributed by atoms with Crippen LogP contribution in [-0.2, 0) is 25.7 Å². The normalized spacial score (nSPS) is 11.7. The second kappa shape index (κ2) is 11.0. The average molecular weight is 542 g/mol. The van der Waals surface area contributed by atoms with E-state index in [4.69, 9.17) is 45.3 Å². The van der Waals surface area contributed by atoms with E-state index in [9.17, 15) is 19.2 Å². The van der Waals surface area contributed by atoms with Crippen LogP contribution >= 0.6 is 34.8 Å². The van der Waals surface area contributed by atoms with Crippen LogP contribution in [0.25, 0.3) is 0 Å². The zero-order valence-electron chi connectivity index (χ0n) is 20.1. The summed E-state index contributed by atoms with van der Waals surface area (Å²) in [4.78, 5) is 51.1. The highest BCUT2D eigenvalue weighted by Gasteiger charge is 2.38. The molecule has 2 N–H and O–H groups in total. The zero-order chi connectivity index (χ0) is 26.7. The molecule has 0 saturated heterocycles. The van der Waals surface area contributed by atoms with Crippen molar-refractivity contribution < 1.29 is 23.9 Å². The van der Waals surface area contributed by atoms with Crippen LogP contribution in [0, 0.1) is 5.41 Å². The number of esters is 1. The third kappa shape index (κ3) is 7.19. The molecule has 0 aliphatic rings. The SMILES string of the molecule is CC(C)(C)C(C)(C)OC(=O)C(=O)CC(=O)N(Cc1ccc(Cl)c(Cl)c1)c1ccc(C(N)=O)c(Cl)c1. The predicted octanol–water partition coefficient (Wildman–Crippen LogP) is 5.61. The largest absolute Gasteiger partial charge is 0.453 e. The van der Waals surface area contributed by atoms with Gasteiger partial charge in [-0.3, -0.25) is 14.4 Å². The van der Waals surface area contributed by atoms with Crippen LogP contribution in [0.4, 0.5) is 5.69 Å². The van der Waals surface area contributed by atoms with Crippen LogP contribution < -0.4 is 10.6 Å². The van der Waals surface area contributed by atoms with Crippen molar-refractivity contribution in [2.45, 2.75) is 53.2 Å². The number of carbonyl (C=O) groups is 4. The van der Waals surface area contributed by atoms with E-state index in [1.165, 1.54) is 23.1 Å². The highest BCUT2D eigenvalue weighted by molar-refractivity contribution is 6.42. The summed E-state index contributed by atoms with van der Waals surface area (Å²) in [5, 5.41) is 0.642. The van der Waals surface area contributed by atoms with E-state index >= 15 is 0 Å². The van der Waals surface area contributed by atoms with Gasteiger partial charge in [0.1, 0.15) is 5.60 Å². The topological polar surface area (TPSA) is 107 Å². The van der Waals surface area contributed by atoms with Gasteiger partial charge in [0, 0.05) is 11.1 Å². The molecule has 0 fully saturated rings. The number of hydrogen-bond donors (Lipinski definition) is 1. The number of carbonyl (C=O) groups excluding carboxylic acids is 4. The number of Topliss-reactive ketones (excluding diaryl/α,β-unsaturated/α-hetero) is 1. The monoisotopic (exact) mass is 540 g/mol. The molecular formula is C25H27Cl3N2O5. The summed E-state index contributed by atoms with van der Waals surface area (Å²) < 4.78 is 5.39. The Kier molecular flexibility index (Phi) is 8.98. The quantitative estimate of drug-likeness (QED) is 0.266. The van der Waals surface area contributed by atoms with Crippen molar-refractivity contribution in [1.82, 2.24) is 0 Å². The summed E-state index contributed by atoms with van der Waals surface area (Å²) in [6, 6.07) is 9.02. The second-order valence-corrected chi connectivity index (χ2v) is 10.7. The molecule has 0 bridgehead atoms. The molecule has 0 aliphatic heterocycles. The van der Waals surface area contributed by atoms with Crippen molar-refractivity contribution in [2.24, 2.45) is 11.1 Å². The van der Waals surface area contributed by atoms with Crippen molar-refractivity contribution >= 4 is 64.1 Å². The molecule has 10 heteroatoms. The molecule has 2 aromatic carbocycles. The molecule has 0 aliphatic carbocycles. The van der Waals surface area contributed by atoms with Gasteiger partial charge in [-0.1, -0.05) is 61.6 Å². The molecule has 0 unspecified atom stereocenters. The minimum atomic E-state index is -1.10. The molecule has 2 rings (SSSR count). The molecule has 0 radical (unpaired) electrons. The molecule has 0 spiro atoms. The van der Waals surface area contributed by atoms with Crippen LogP contribution in [0.5, 0.6) is 0 Å². The fourth-order valence-corrected chi connectivity index (χ4v) is 3.35. The first-order valence-electron chi connectivity index (χ1n) is 10.6. The summed E-state index contributed by atoms with van der Waals surface area (Å²) >= 11 is 18.3. The number of ether oxygens (including phenoxy) is 1. The van der Waals surface area contributed by atoms with Gasteiger partial charge in [-0.05, 0) is 49.7 Å². The fourth-order valence-electron chi connectivity index (χ4n) is 2.76. The first-order valence-corrected chi connectivity index (χ1v) is 11.8. The van der Waals surface area contributed by atoms with E-state index in [0.29, 0.717) is 10.6 Å². The smallest absolute Gasteiger partial charge is 0.375 e. The lowest BCUT2D eigenvalue weighted by atomic mass is 9.79. The molecule has 188 valence electrons. The van der Waals surface area contributed by atoms with Gasteiger partial charge in [-0.25, -0.2) is 4.79 Å². The van der Waals surface area contributed by atoms with Crippen LogP contribution in [0.2, 0.25) is 15.1 Å². The number of rotatable bonds is 8.